The summed E-state index contributed by atoms with van der Waals surface area (Å²) in [7, 11) is 0. The van der Waals surface area contributed by atoms with Gasteiger partial charge in [0.2, 0.25) is 0 Å². The lowest BCUT2D eigenvalue weighted by Crippen LogP contribution is -2.15. The summed E-state index contributed by atoms with van der Waals surface area (Å²) in [5, 5.41) is 7.01. The Morgan fingerprint density at radius 3 is 2.67 bits per heavy atom. The average Bonchev–Trinajstić information content (AvgIpc) is 3.31. The van der Waals surface area contributed by atoms with Crippen molar-refractivity contribution in [3.05, 3.63) is 69.0 Å². The second-order valence-corrected chi connectivity index (χ2v) is 7.57. The van der Waals surface area contributed by atoms with Crippen LogP contribution in [0.5, 0.6) is 0 Å². The Kier molecular flexibility index (Phi) is 4.51. The highest BCUT2D eigenvalue weighted by Gasteiger charge is 2.30. The number of nitrogens with zero attached hydrogens (tertiary/aromatic N) is 2. The number of hydrogen-bond donors (Lipinski definition) is 1. The van der Waals surface area contributed by atoms with E-state index in [-0.39, 0.29) is 12.5 Å². The predicted molar refractivity (Wildman–Crippen MR) is 97.1 cm³/mol. The van der Waals surface area contributed by atoms with Gasteiger partial charge >= 0.3 is 6.18 Å². The standard InChI is InChI=1S/C19H16F3N3OS/c20-19(21,22)14-6-4-12(5-7-14)11-25-17(8-9-23-25)24-18(26)16-10-13-2-1-3-15(13)27-16/h4-10H,1-3,11H2,(H,24,26). The van der Waals surface area contributed by atoms with Gasteiger partial charge in [0.15, 0.2) is 0 Å². The molecule has 1 aliphatic rings. The first-order valence-electron chi connectivity index (χ1n) is 8.51. The molecular weight excluding hydrogens is 375 g/mol. The Hall–Kier alpha value is -2.61. The zero-order valence-corrected chi connectivity index (χ0v) is 15.0. The highest BCUT2D eigenvalue weighted by atomic mass is 32.1. The first-order chi connectivity index (χ1) is 12.9. The van der Waals surface area contributed by atoms with Crippen molar-refractivity contribution >= 4 is 23.1 Å². The normalized spacial score (nSPS) is 13.6. The van der Waals surface area contributed by atoms with E-state index in [0.29, 0.717) is 16.3 Å². The summed E-state index contributed by atoms with van der Waals surface area (Å²) in [4.78, 5) is 14.5. The first kappa shape index (κ1) is 17.8. The Labute approximate surface area is 157 Å². The summed E-state index contributed by atoms with van der Waals surface area (Å²) in [6.45, 7) is 0.266. The molecule has 0 spiro atoms. The van der Waals surface area contributed by atoms with Crippen molar-refractivity contribution in [3.8, 4) is 0 Å². The molecule has 140 valence electrons. The number of thiophene rings is 1. The predicted octanol–water partition coefficient (Wildman–Crippen LogP) is 4.75. The molecule has 0 atom stereocenters. The number of aromatic nitrogens is 2. The monoisotopic (exact) mass is 391 g/mol. The quantitative estimate of drug-likeness (QED) is 0.698. The van der Waals surface area contributed by atoms with Gasteiger partial charge in [-0.15, -0.1) is 11.3 Å². The summed E-state index contributed by atoms with van der Waals surface area (Å²) in [5.41, 5.74) is 1.23. The topological polar surface area (TPSA) is 46.9 Å². The van der Waals surface area contributed by atoms with Crippen molar-refractivity contribution in [1.82, 2.24) is 9.78 Å². The van der Waals surface area contributed by atoms with Crippen LogP contribution in [0.3, 0.4) is 0 Å². The number of fused-ring (bicyclic) bond motifs is 1. The molecule has 2 heterocycles. The largest absolute Gasteiger partial charge is 0.416 e. The molecule has 27 heavy (non-hydrogen) atoms. The van der Waals surface area contributed by atoms with Gasteiger partial charge in [0.1, 0.15) is 5.82 Å². The molecule has 0 saturated carbocycles. The summed E-state index contributed by atoms with van der Waals surface area (Å²) in [6.07, 6.45) is 0.380. The van der Waals surface area contributed by atoms with E-state index < -0.39 is 11.7 Å². The molecule has 4 nitrogen and oxygen atoms in total. The number of anilines is 1. The van der Waals surface area contributed by atoms with Gasteiger partial charge in [0.25, 0.3) is 5.91 Å². The molecule has 0 aliphatic heterocycles. The van der Waals surface area contributed by atoms with Crippen LogP contribution in [-0.4, -0.2) is 15.7 Å². The maximum Gasteiger partial charge on any atom is 0.416 e. The van der Waals surface area contributed by atoms with E-state index in [1.54, 1.807) is 16.9 Å². The number of nitrogens with one attached hydrogen (secondary N) is 1. The van der Waals surface area contributed by atoms with Gasteiger partial charge in [-0.05, 0) is 48.6 Å². The van der Waals surface area contributed by atoms with E-state index in [1.807, 2.05) is 6.07 Å². The van der Waals surface area contributed by atoms with Crippen molar-refractivity contribution in [2.24, 2.45) is 0 Å². The number of aryl methyl sites for hydroxylation is 2. The maximum absolute atomic E-state index is 12.7. The lowest BCUT2D eigenvalue weighted by Gasteiger charge is -2.10. The first-order valence-corrected chi connectivity index (χ1v) is 9.33. The smallest absolute Gasteiger partial charge is 0.306 e. The molecule has 0 unspecified atom stereocenters. The van der Waals surface area contributed by atoms with Crippen molar-refractivity contribution in [1.29, 1.82) is 0 Å². The molecule has 1 aliphatic carbocycles. The van der Waals surface area contributed by atoms with Gasteiger partial charge < -0.3 is 5.32 Å². The van der Waals surface area contributed by atoms with Crippen LogP contribution in [0.25, 0.3) is 0 Å². The summed E-state index contributed by atoms with van der Waals surface area (Å²) >= 11 is 1.52. The average molecular weight is 391 g/mol. The molecule has 1 amide bonds. The second-order valence-electron chi connectivity index (χ2n) is 6.44. The van der Waals surface area contributed by atoms with Gasteiger partial charge in [-0.2, -0.15) is 18.3 Å². The molecule has 1 aromatic carbocycles. The van der Waals surface area contributed by atoms with Crippen LogP contribution in [0.2, 0.25) is 0 Å². The van der Waals surface area contributed by atoms with Crippen LogP contribution < -0.4 is 5.32 Å². The minimum absolute atomic E-state index is 0.191. The van der Waals surface area contributed by atoms with Crippen molar-refractivity contribution < 1.29 is 18.0 Å². The van der Waals surface area contributed by atoms with Crippen LogP contribution in [0.4, 0.5) is 19.0 Å². The van der Waals surface area contributed by atoms with Crippen molar-refractivity contribution in [3.63, 3.8) is 0 Å². The molecule has 1 N–H and O–H groups in total. The van der Waals surface area contributed by atoms with Gasteiger partial charge in [0, 0.05) is 10.9 Å². The van der Waals surface area contributed by atoms with Crippen LogP contribution in [0.15, 0.2) is 42.6 Å². The fourth-order valence-electron chi connectivity index (χ4n) is 3.16. The summed E-state index contributed by atoms with van der Waals surface area (Å²) in [6, 6.07) is 8.54. The molecule has 0 fully saturated rings. The Balaban J connectivity index is 1.47. The van der Waals surface area contributed by atoms with E-state index in [0.717, 1.165) is 31.4 Å². The lowest BCUT2D eigenvalue weighted by atomic mass is 10.1. The second kappa shape index (κ2) is 6.84. The van der Waals surface area contributed by atoms with Crippen LogP contribution in [0.1, 0.15) is 37.7 Å². The number of alkyl halides is 3. The van der Waals surface area contributed by atoms with E-state index in [4.69, 9.17) is 0 Å². The molecule has 2 aromatic heterocycles. The van der Waals surface area contributed by atoms with Gasteiger partial charge in [-0.25, -0.2) is 4.68 Å². The van der Waals surface area contributed by atoms with Crippen molar-refractivity contribution in [2.75, 3.05) is 5.32 Å². The number of carbonyl (C=O) groups excluding carboxylic acids is 1. The van der Waals surface area contributed by atoms with Gasteiger partial charge in [0.05, 0.1) is 23.2 Å². The molecular formula is C19H16F3N3OS. The number of amides is 1. The molecule has 4 rings (SSSR count). The Morgan fingerprint density at radius 2 is 1.96 bits per heavy atom. The Morgan fingerprint density at radius 1 is 1.19 bits per heavy atom. The minimum atomic E-state index is -4.36. The molecule has 0 radical (unpaired) electrons. The number of rotatable bonds is 4. The zero-order chi connectivity index (χ0) is 19.0. The van der Waals surface area contributed by atoms with Crippen LogP contribution in [0, 0.1) is 0 Å². The number of halogens is 3. The van der Waals surface area contributed by atoms with E-state index in [1.165, 1.54) is 33.9 Å². The fraction of sp³-hybridized carbons (Fsp3) is 0.263. The number of benzene rings is 1. The molecule has 0 saturated heterocycles. The zero-order valence-electron chi connectivity index (χ0n) is 14.2. The summed E-state index contributed by atoms with van der Waals surface area (Å²) in [5.74, 6) is 0.317. The van der Waals surface area contributed by atoms with Crippen molar-refractivity contribution in [2.45, 2.75) is 32.0 Å². The molecule has 0 bridgehead atoms. The third kappa shape index (κ3) is 3.75. The van der Waals surface area contributed by atoms with E-state index >= 15 is 0 Å². The summed E-state index contributed by atoms with van der Waals surface area (Å²) < 4.78 is 39.5. The van der Waals surface area contributed by atoms with E-state index in [9.17, 15) is 18.0 Å². The third-order valence-electron chi connectivity index (χ3n) is 4.54. The van der Waals surface area contributed by atoms with Crippen LogP contribution >= 0.6 is 11.3 Å². The maximum atomic E-state index is 12.7. The van der Waals surface area contributed by atoms with Crippen LogP contribution in [-0.2, 0) is 25.6 Å². The third-order valence-corrected chi connectivity index (χ3v) is 5.78. The number of carbonyl (C=O) groups is 1. The van der Waals surface area contributed by atoms with Gasteiger partial charge in [-0.1, -0.05) is 12.1 Å². The van der Waals surface area contributed by atoms with E-state index in [2.05, 4.69) is 10.4 Å². The Bertz CT molecular complexity index is 951. The number of hydrogen-bond acceptors (Lipinski definition) is 3. The molecule has 3 aromatic rings. The highest BCUT2D eigenvalue weighted by molar-refractivity contribution is 7.14. The molecule has 8 heteroatoms. The SMILES string of the molecule is O=C(Nc1ccnn1Cc1ccc(C(F)(F)F)cc1)c1cc2c(s1)CCC2. The highest BCUT2D eigenvalue weighted by Crippen LogP contribution is 2.31. The minimum Gasteiger partial charge on any atom is -0.306 e. The lowest BCUT2D eigenvalue weighted by molar-refractivity contribution is -0.137. The fourth-order valence-corrected chi connectivity index (χ4v) is 4.30. The van der Waals surface area contributed by atoms with Gasteiger partial charge in [-0.3, -0.25) is 4.79 Å².